The number of rotatable bonds is 17. The second-order valence-electron chi connectivity index (χ2n) is 6.53. The van der Waals surface area contributed by atoms with Gasteiger partial charge in [-0.15, -0.1) is 0 Å². The molecule has 1 atom stereocenters. The van der Waals surface area contributed by atoms with E-state index >= 15 is 0 Å². The van der Waals surface area contributed by atoms with Gasteiger partial charge in [0.25, 0.3) is 0 Å². The molecule has 0 amide bonds. The van der Waals surface area contributed by atoms with Crippen LogP contribution in [0, 0.1) is 0 Å². The lowest BCUT2D eigenvalue weighted by atomic mass is 10.0. The van der Waals surface area contributed by atoms with Crippen LogP contribution in [-0.4, -0.2) is 17.2 Å². The van der Waals surface area contributed by atoms with E-state index in [-0.39, 0.29) is 12.1 Å². The van der Waals surface area contributed by atoms with Crippen LogP contribution in [0.15, 0.2) is 12.8 Å². The summed E-state index contributed by atoms with van der Waals surface area (Å²) in [7, 11) is 0. The maximum Gasteiger partial charge on any atom is 0.310 e. The quantitative estimate of drug-likeness (QED) is 0.205. The maximum atomic E-state index is 11.1. The largest absolute Gasteiger partial charge is 0.435 e. The molecule has 3 heteroatoms. The molecule has 0 aromatic carbocycles. The van der Waals surface area contributed by atoms with Gasteiger partial charge in [-0.25, -0.2) is 0 Å². The molecule has 0 aliphatic carbocycles. The Balaban J connectivity index is 3.23. The van der Waals surface area contributed by atoms with E-state index in [1.54, 1.807) is 0 Å². The summed E-state index contributed by atoms with van der Waals surface area (Å²) in [4.78, 5) is 11.1. The standard InChI is InChI=1S/C20H38O3/c1-3-5-6-7-8-9-10-13-16-19(21)17-14-11-12-15-18-20(22)23-4-2/h4,19,21H,2-3,5-18H2,1H3. The zero-order chi connectivity index (χ0) is 17.2. The zero-order valence-electron chi connectivity index (χ0n) is 15.2. The van der Waals surface area contributed by atoms with E-state index in [2.05, 4.69) is 18.2 Å². The zero-order valence-corrected chi connectivity index (χ0v) is 15.2. The van der Waals surface area contributed by atoms with Crippen LogP contribution in [0.1, 0.15) is 103 Å². The molecule has 136 valence electrons. The average molecular weight is 327 g/mol. The molecule has 0 heterocycles. The van der Waals surface area contributed by atoms with Gasteiger partial charge in [-0.2, -0.15) is 0 Å². The first-order valence-corrected chi connectivity index (χ1v) is 9.69. The Morgan fingerprint density at radius 2 is 1.39 bits per heavy atom. The summed E-state index contributed by atoms with van der Waals surface area (Å²) in [6, 6.07) is 0. The second-order valence-corrected chi connectivity index (χ2v) is 6.53. The molecule has 0 saturated carbocycles. The molecular formula is C20H38O3. The lowest BCUT2D eigenvalue weighted by Crippen LogP contribution is -2.06. The van der Waals surface area contributed by atoms with Gasteiger partial charge in [0.1, 0.15) is 0 Å². The fourth-order valence-corrected chi connectivity index (χ4v) is 2.81. The van der Waals surface area contributed by atoms with Crippen molar-refractivity contribution in [2.45, 2.75) is 109 Å². The van der Waals surface area contributed by atoms with Crippen LogP contribution in [0.4, 0.5) is 0 Å². The van der Waals surface area contributed by atoms with Gasteiger partial charge in [-0.1, -0.05) is 84.1 Å². The lowest BCUT2D eigenvalue weighted by molar-refractivity contribution is -0.138. The molecule has 1 unspecified atom stereocenters. The Kier molecular flexibility index (Phi) is 16.9. The monoisotopic (exact) mass is 326 g/mol. The van der Waals surface area contributed by atoms with Crippen LogP contribution in [0.2, 0.25) is 0 Å². The number of hydrogen-bond donors (Lipinski definition) is 1. The number of ether oxygens (including phenoxy) is 1. The third-order valence-electron chi connectivity index (χ3n) is 4.27. The van der Waals surface area contributed by atoms with Crippen LogP contribution in [-0.2, 0) is 9.53 Å². The smallest absolute Gasteiger partial charge is 0.310 e. The Hall–Kier alpha value is -0.830. The first-order chi connectivity index (χ1) is 11.2. The van der Waals surface area contributed by atoms with Gasteiger partial charge in [-0.05, 0) is 19.3 Å². The Morgan fingerprint density at radius 1 is 0.913 bits per heavy atom. The minimum atomic E-state index is -0.199. The SMILES string of the molecule is C=COC(=O)CCCCCCC(O)CCCCCCCCCC. The highest BCUT2D eigenvalue weighted by atomic mass is 16.5. The van der Waals surface area contributed by atoms with E-state index in [0.29, 0.717) is 6.42 Å². The molecule has 0 radical (unpaired) electrons. The molecule has 3 nitrogen and oxygen atoms in total. The van der Waals surface area contributed by atoms with Gasteiger partial charge in [0.15, 0.2) is 0 Å². The van der Waals surface area contributed by atoms with Crippen LogP contribution in [0.3, 0.4) is 0 Å². The predicted octanol–water partition coefficient (Wildman–Crippen LogP) is 5.91. The lowest BCUT2D eigenvalue weighted by Gasteiger charge is -2.10. The number of hydrogen-bond acceptors (Lipinski definition) is 3. The van der Waals surface area contributed by atoms with Crippen molar-refractivity contribution in [2.75, 3.05) is 0 Å². The van der Waals surface area contributed by atoms with Crippen molar-refractivity contribution in [2.24, 2.45) is 0 Å². The molecule has 0 aromatic rings. The fourth-order valence-electron chi connectivity index (χ4n) is 2.81. The summed E-state index contributed by atoms with van der Waals surface area (Å²) in [5, 5.41) is 9.95. The third kappa shape index (κ3) is 17.4. The number of carbonyl (C=O) groups is 1. The van der Waals surface area contributed by atoms with Crippen molar-refractivity contribution in [1.29, 1.82) is 0 Å². The minimum Gasteiger partial charge on any atom is -0.435 e. The molecule has 0 rings (SSSR count). The molecule has 0 saturated heterocycles. The first kappa shape index (κ1) is 22.2. The molecule has 0 bridgehead atoms. The van der Waals surface area contributed by atoms with Gasteiger partial charge >= 0.3 is 5.97 Å². The molecular weight excluding hydrogens is 288 g/mol. The number of aliphatic hydroxyl groups excluding tert-OH is 1. The van der Waals surface area contributed by atoms with Gasteiger partial charge < -0.3 is 9.84 Å². The van der Waals surface area contributed by atoms with Gasteiger partial charge in [-0.3, -0.25) is 4.79 Å². The minimum absolute atomic E-state index is 0.138. The van der Waals surface area contributed by atoms with E-state index in [9.17, 15) is 9.90 Å². The van der Waals surface area contributed by atoms with Gasteiger partial charge in [0.2, 0.25) is 0 Å². The van der Waals surface area contributed by atoms with Crippen LogP contribution in [0.25, 0.3) is 0 Å². The Bertz CT molecular complexity index is 276. The highest BCUT2D eigenvalue weighted by Gasteiger charge is 2.04. The molecule has 0 aromatic heterocycles. The van der Waals surface area contributed by atoms with Crippen molar-refractivity contribution in [1.82, 2.24) is 0 Å². The van der Waals surface area contributed by atoms with Crippen molar-refractivity contribution in [3.8, 4) is 0 Å². The summed E-state index contributed by atoms with van der Waals surface area (Å²) < 4.78 is 4.66. The van der Waals surface area contributed by atoms with Crippen molar-refractivity contribution in [3.63, 3.8) is 0 Å². The van der Waals surface area contributed by atoms with E-state index in [1.807, 2.05) is 0 Å². The first-order valence-electron chi connectivity index (χ1n) is 9.69. The topological polar surface area (TPSA) is 46.5 Å². The van der Waals surface area contributed by atoms with E-state index in [1.165, 1.54) is 51.2 Å². The highest BCUT2D eigenvalue weighted by Crippen LogP contribution is 2.14. The van der Waals surface area contributed by atoms with Crippen LogP contribution >= 0.6 is 0 Å². The number of carbonyl (C=O) groups excluding carboxylic acids is 1. The van der Waals surface area contributed by atoms with E-state index in [0.717, 1.165) is 44.9 Å². The molecule has 0 spiro atoms. The molecule has 0 aliphatic heterocycles. The fraction of sp³-hybridized carbons (Fsp3) is 0.850. The van der Waals surface area contributed by atoms with Crippen LogP contribution < -0.4 is 0 Å². The van der Waals surface area contributed by atoms with E-state index in [4.69, 9.17) is 0 Å². The predicted molar refractivity (Wildman–Crippen MR) is 97.2 cm³/mol. The van der Waals surface area contributed by atoms with Crippen molar-refractivity contribution < 1.29 is 14.6 Å². The molecule has 0 fully saturated rings. The average Bonchev–Trinajstić information content (AvgIpc) is 2.53. The highest BCUT2D eigenvalue weighted by molar-refractivity contribution is 5.69. The summed E-state index contributed by atoms with van der Waals surface area (Å²) in [5.74, 6) is -0.199. The van der Waals surface area contributed by atoms with Gasteiger partial charge in [0, 0.05) is 6.42 Å². The van der Waals surface area contributed by atoms with Crippen LogP contribution in [0.5, 0.6) is 0 Å². The van der Waals surface area contributed by atoms with Gasteiger partial charge in [0.05, 0.1) is 12.4 Å². The second kappa shape index (κ2) is 17.5. The summed E-state index contributed by atoms with van der Waals surface area (Å²) in [6.07, 6.45) is 17.9. The van der Waals surface area contributed by atoms with E-state index < -0.39 is 0 Å². The Morgan fingerprint density at radius 3 is 1.91 bits per heavy atom. The molecule has 1 N–H and O–H groups in total. The number of esters is 1. The van der Waals surface area contributed by atoms with Crippen molar-refractivity contribution >= 4 is 5.97 Å². The van der Waals surface area contributed by atoms with Crippen molar-refractivity contribution in [3.05, 3.63) is 12.8 Å². The maximum absolute atomic E-state index is 11.1. The normalized spacial score (nSPS) is 12.1. The summed E-state index contributed by atoms with van der Waals surface area (Å²) >= 11 is 0. The third-order valence-corrected chi connectivity index (χ3v) is 4.27. The summed E-state index contributed by atoms with van der Waals surface area (Å²) in [5.41, 5.74) is 0. The molecule has 0 aliphatic rings. The number of aliphatic hydroxyl groups is 1. The summed E-state index contributed by atoms with van der Waals surface area (Å²) in [6.45, 7) is 5.61. The Labute approximate surface area is 143 Å². The number of unbranched alkanes of at least 4 members (excludes halogenated alkanes) is 10. The molecule has 23 heavy (non-hydrogen) atoms.